The minimum Gasteiger partial charge on any atom is -0.486 e. The lowest BCUT2D eigenvalue weighted by Gasteiger charge is -2.15. The van der Waals surface area contributed by atoms with Crippen LogP contribution >= 0.6 is 0 Å². The molecule has 3 rings (SSSR count). The predicted octanol–water partition coefficient (Wildman–Crippen LogP) is 4.33. The monoisotopic (exact) mass is 347 g/mol. The predicted molar refractivity (Wildman–Crippen MR) is 102 cm³/mol. The van der Waals surface area contributed by atoms with E-state index in [9.17, 15) is 9.90 Å². The van der Waals surface area contributed by atoms with Crippen LogP contribution in [0.3, 0.4) is 0 Å². The van der Waals surface area contributed by atoms with Gasteiger partial charge >= 0.3 is 5.97 Å². The number of carboxylic acid groups (broad SMARTS) is 1. The first-order chi connectivity index (χ1) is 12.6. The SMILES string of the molecule is Nc1cccc(CCc2ccccc2)c1OCc1ccccc1C(=O)O. The van der Waals surface area contributed by atoms with Crippen molar-refractivity contribution in [3.05, 3.63) is 95.1 Å². The molecule has 0 saturated heterocycles. The number of nitrogens with two attached hydrogens (primary N) is 1. The number of aryl methyl sites for hydroxylation is 2. The van der Waals surface area contributed by atoms with E-state index < -0.39 is 5.97 Å². The lowest BCUT2D eigenvalue weighted by atomic mass is 10.0. The van der Waals surface area contributed by atoms with E-state index in [2.05, 4.69) is 12.1 Å². The minimum absolute atomic E-state index is 0.162. The topological polar surface area (TPSA) is 72.5 Å². The van der Waals surface area contributed by atoms with Crippen LogP contribution in [0, 0.1) is 0 Å². The molecular weight excluding hydrogens is 326 g/mol. The standard InChI is InChI=1S/C22H21NO3/c23-20-12-6-10-17(14-13-16-7-2-1-3-8-16)21(20)26-15-18-9-4-5-11-19(18)22(24)25/h1-12H,13-15,23H2,(H,24,25). The van der Waals surface area contributed by atoms with Crippen LogP contribution in [-0.2, 0) is 19.4 Å². The Labute approximate surface area is 152 Å². The summed E-state index contributed by atoms with van der Waals surface area (Å²) in [5.41, 5.74) is 9.80. The zero-order valence-electron chi connectivity index (χ0n) is 14.4. The maximum Gasteiger partial charge on any atom is 0.336 e. The summed E-state index contributed by atoms with van der Waals surface area (Å²) in [5, 5.41) is 9.30. The normalized spacial score (nSPS) is 10.5. The fourth-order valence-corrected chi connectivity index (χ4v) is 2.91. The van der Waals surface area contributed by atoms with Crippen molar-refractivity contribution < 1.29 is 14.6 Å². The van der Waals surface area contributed by atoms with Crippen molar-refractivity contribution in [2.24, 2.45) is 0 Å². The highest BCUT2D eigenvalue weighted by Crippen LogP contribution is 2.29. The zero-order valence-corrected chi connectivity index (χ0v) is 14.4. The van der Waals surface area contributed by atoms with Gasteiger partial charge in [-0.2, -0.15) is 0 Å². The summed E-state index contributed by atoms with van der Waals surface area (Å²) in [6.07, 6.45) is 1.68. The zero-order chi connectivity index (χ0) is 18.4. The van der Waals surface area contributed by atoms with Crippen molar-refractivity contribution in [2.45, 2.75) is 19.4 Å². The van der Waals surface area contributed by atoms with Crippen LogP contribution in [0.2, 0.25) is 0 Å². The van der Waals surface area contributed by atoms with Crippen molar-refractivity contribution in [3.8, 4) is 5.75 Å². The first-order valence-corrected chi connectivity index (χ1v) is 8.50. The molecule has 0 aromatic heterocycles. The van der Waals surface area contributed by atoms with E-state index in [-0.39, 0.29) is 12.2 Å². The molecule has 0 aliphatic heterocycles. The maximum atomic E-state index is 11.3. The molecule has 132 valence electrons. The van der Waals surface area contributed by atoms with Gasteiger partial charge in [0.25, 0.3) is 0 Å². The second kappa shape index (κ2) is 8.21. The Morgan fingerprint density at radius 1 is 0.846 bits per heavy atom. The molecule has 0 radical (unpaired) electrons. The summed E-state index contributed by atoms with van der Waals surface area (Å²) in [4.78, 5) is 11.3. The fourth-order valence-electron chi connectivity index (χ4n) is 2.91. The van der Waals surface area contributed by atoms with Crippen LogP contribution in [0.4, 0.5) is 5.69 Å². The largest absolute Gasteiger partial charge is 0.486 e. The summed E-state index contributed by atoms with van der Waals surface area (Å²) >= 11 is 0. The Morgan fingerprint density at radius 2 is 1.54 bits per heavy atom. The second-order valence-electron chi connectivity index (χ2n) is 6.07. The third-order valence-corrected chi connectivity index (χ3v) is 4.27. The van der Waals surface area contributed by atoms with Crippen molar-refractivity contribution >= 4 is 11.7 Å². The van der Waals surface area contributed by atoms with Crippen LogP contribution < -0.4 is 10.5 Å². The number of hydrogen-bond acceptors (Lipinski definition) is 3. The van der Waals surface area contributed by atoms with E-state index in [0.29, 0.717) is 17.0 Å². The van der Waals surface area contributed by atoms with Crippen molar-refractivity contribution in [3.63, 3.8) is 0 Å². The molecule has 4 heteroatoms. The third-order valence-electron chi connectivity index (χ3n) is 4.27. The highest BCUT2D eigenvalue weighted by molar-refractivity contribution is 5.89. The van der Waals surface area contributed by atoms with E-state index >= 15 is 0 Å². The molecule has 0 saturated carbocycles. The average Bonchev–Trinajstić information content (AvgIpc) is 2.66. The van der Waals surface area contributed by atoms with Gasteiger partial charge in [0, 0.05) is 5.56 Å². The fraction of sp³-hybridized carbons (Fsp3) is 0.136. The van der Waals surface area contributed by atoms with Crippen molar-refractivity contribution in [2.75, 3.05) is 5.73 Å². The number of anilines is 1. The highest BCUT2D eigenvalue weighted by atomic mass is 16.5. The minimum atomic E-state index is -0.963. The van der Waals surface area contributed by atoms with E-state index in [4.69, 9.17) is 10.5 Å². The van der Waals surface area contributed by atoms with Gasteiger partial charge in [0.2, 0.25) is 0 Å². The molecular formula is C22H21NO3. The molecule has 0 bridgehead atoms. The lowest BCUT2D eigenvalue weighted by Crippen LogP contribution is -2.07. The van der Waals surface area contributed by atoms with E-state index in [1.807, 2.05) is 30.3 Å². The van der Waals surface area contributed by atoms with Gasteiger partial charge in [0.05, 0.1) is 11.3 Å². The summed E-state index contributed by atoms with van der Waals surface area (Å²) in [7, 11) is 0. The number of aromatic carboxylic acids is 1. The van der Waals surface area contributed by atoms with Crippen LogP contribution in [0.25, 0.3) is 0 Å². The average molecular weight is 347 g/mol. The molecule has 0 atom stereocenters. The van der Waals surface area contributed by atoms with Crippen LogP contribution in [-0.4, -0.2) is 11.1 Å². The van der Waals surface area contributed by atoms with Crippen molar-refractivity contribution in [1.82, 2.24) is 0 Å². The van der Waals surface area contributed by atoms with Crippen LogP contribution in [0.5, 0.6) is 5.75 Å². The summed E-state index contributed by atoms with van der Waals surface area (Å²) in [6.45, 7) is 0.162. The van der Waals surface area contributed by atoms with Gasteiger partial charge in [0.1, 0.15) is 12.4 Å². The Balaban J connectivity index is 1.77. The van der Waals surface area contributed by atoms with Gasteiger partial charge in [-0.1, -0.05) is 60.7 Å². The molecule has 0 spiro atoms. The van der Waals surface area contributed by atoms with Crippen LogP contribution in [0.15, 0.2) is 72.8 Å². The van der Waals surface area contributed by atoms with Gasteiger partial charge < -0.3 is 15.6 Å². The summed E-state index contributed by atoms with van der Waals surface area (Å²) < 4.78 is 5.94. The molecule has 0 heterocycles. The smallest absolute Gasteiger partial charge is 0.336 e. The molecule has 0 aliphatic carbocycles. The molecule has 26 heavy (non-hydrogen) atoms. The summed E-state index contributed by atoms with van der Waals surface area (Å²) in [6, 6.07) is 22.8. The van der Waals surface area contributed by atoms with E-state index in [1.165, 1.54) is 5.56 Å². The Kier molecular flexibility index (Phi) is 5.54. The highest BCUT2D eigenvalue weighted by Gasteiger charge is 2.12. The van der Waals surface area contributed by atoms with Crippen molar-refractivity contribution in [1.29, 1.82) is 0 Å². The van der Waals surface area contributed by atoms with E-state index in [1.54, 1.807) is 30.3 Å². The van der Waals surface area contributed by atoms with Gasteiger partial charge in [-0.15, -0.1) is 0 Å². The molecule has 3 aromatic rings. The Bertz CT molecular complexity index is 891. The second-order valence-corrected chi connectivity index (χ2v) is 6.07. The molecule has 4 nitrogen and oxygen atoms in total. The number of hydrogen-bond donors (Lipinski definition) is 2. The number of nitrogen functional groups attached to an aromatic ring is 1. The number of carbonyl (C=O) groups is 1. The lowest BCUT2D eigenvalue weighted by molar-refractivity contribution is 0.0694. The molecule has 0 aliphatic rings. The molecule has 3 N–H and O–H groups in total. The van der Waals surface area contributed by atoms with Gasteiger partial charge in [0.15, 0.2) is 0 Å². The molecule has 3 aromatic carbocycles. The number of rotatable bonds is 7. The first-order valence-electron chi connectivity index (χ1n) is 8.50. The summed E-state index contributed by atoms with van der Waals surface area (Å²) in [5.74, 6) is -0.335. The van der Waals surface area contributed by atoms with E-state index in [0.717, 1.165) is 18.4 Å². The Hall–Kier alpha value is -3.27. The van der Waals surface area contributed by atoms with Gasteiger partial charge in [-0.05, 0) is 36.1 Å². The number of carboxylic acids is 1. The van der Waals surface area contributed by atoms with Gasteiger partial charge in [-0.3, -0.25) is 0 Å². The first kappa shape index (κ1) is 17.5. The number of benzene rings is 3. The number of ether oxygens (including phenoxy) is 1. The third kappa shape index (κ3) is 4.22. The van der Waals surface area contributed by atoms with Gasteiger partial charge in [-0.25, -0.2) is 4.79 Å². The molecule has 0 fully saturated rings. The van der Waals surface area contributed by atoms with Crippen LogP contribution in [0.1, 0.15) is 27.0 Å². The number of para-hydroxylation sites is 1. The maximum absolute atomic E-state index is 11.3. The Morgan fingerprint density at radius 3 is 2.31 bits per heavy atom. The molecule has 0 amide bonds. The molecule has 0 unspecified atom stereocenters. The quantitative estimate of drug-likeness (QED) is 0.624.